The fourth-order valence-corrected chi connectivity index (χ4v) is 3.01. The van der Waals surface area contributed by atoms with Crippen LogP contribution in [-0.2, 0) is 4.79 Å². The first-order chi connectivity index (χ1) is 13.9. The van der Waals surface area contributed by atoms with Crippen LogP contribution in [0.4, 0.5) is 26.3 Å². The first-order valence-corrected chi connectivity index (χ1v) is 9.61. The first-order valence-electron chi connectivity index (χ1n) is 9.61. The summed E-state index contributed by atoms with van der Waals surface area (Å²) in [6.07, 6.45) is -5.47. The van der Waals surface area contributed by atoms with Crippen LogP contribution in [0.15, 0.2) is 24.3 Å². The van der Waals surface area contributed by atoms with Gasteiger partial charge in [0.2, 0.25) is 11.8 Å². The van der Waals surface area contributed by atoms with Crippen LogP contribution >= 0.6 is 0 Å². The van der Waals surface area contributed by atoms with E-state index in [4.69, 9.17) is 5.26 Å². The molecule has 0 bridgehead atoms. The van der Waals surface area contributed by atoms with Gasteiger partial charge in [-0.1, -0.05) is 25.5 Å². The fraction of sp³-hybridized carbons (Fsp3) is 0.600. The van der Waals surface area contributed by atoms with Gasteiger partial charge in [-0.15, -0.1) is 0 Å². The third kappa shape index (κ3) is 6.62. The summed E-state index contributed by atoms with van der Waals surface area (Å²) in [6, 6.07) is 0.862. The molecule has 30 heavy (non-hydrogen) atoms. The fourth-order valence-electron chi connectivity index (χ4n) is 3.01. The standard InChI is InChI=1S/C20H23F6N3O/c1-2-3-8-19(22,23)11-15(17(30)29-18(12-27)9-10-18)28-16(20(24,25)26)13-4-6-14(21)7-5-13/h4-7,15-16,28H,2-3,8-11H2,1H3,(H,29,30)/t15?,16-/m0/s1. The van der Waals surface area contributed by atoms with Crippen molar-refractivity contribution < 1.29 is 31.1 Å². The highest BCUT2D eigenvalue weighted by Crippen LogP contribution is 2.37. The zero-order chi connectivity index (χ0) is 22.6. The molecule has 0 saturated heterocycles. The Labute approximate surface area is 170 Å². The number of hydrogen-bond acceptors (Lipinski definition) is 3. The Bertz CT molecular complexity index is 768. The van der Waals surface area contributed by atoms with Crippen LogP contribution in [-0.4, -0.2) is 29.6 Å². The topological polar surface area (TPSA) is 64.9 Å². The lowest BCUT2D eigenvalue weighted by atomic mass is 9.99. The molecule has 1 aliphatic rings. The second kappa shape index (κ2) is 9.25. The molecule has 1 aliphatic carbocycles. The zero-order valence-corrected chi connectivity index (χ0v) is 16.3. The number of halogens is 6. The largest absolute Gasteiger partial charge is 0.407 e. The molecule has 1 fully saturated rings. The van der Waals surface area contributed by atoms with Gasteiger partial charge in [0.15, 0.2) is 0 Å². The Hall–Kier alpha value is -2.28. The summed E-state index contributed by atoms with van der Waals surface area (Å²) in [5.74, 6) is -5.24. The number of nitriles is 1. The molecule has 4 nitrogen and oxygen atoms in total. The first kappa shape index (κ1) is 24.0. The van der Waals surface area contributed by atoms with Gasteiger partial charge in [0.05, 0.1) is 12.1 Å². The van der Waals surface area contributed by atoms with E-state index in [1.807, 2.05) is 11.4 Å². The average molecular weight is 435 g/mol. The van der Waals surface area contributed by atoms with Gasteiger partial charge < -0.3 is 5.32 Å². The number of alkyl halides is 5. The van der Waals surface area contributed by atoms with Crippen molar-refractivity contribution in [3.8, 4) is 6.07 Å². The number of carbonyl (C=O) groups is 1. The van der Waals surface area contributed by atoms with Crippen LogP contribution in [0, 0.1) is 17.1 Å². The van der Waals surface area contributed by atoms with Crippen molar-refractivity contribution in [3.05, 3.63) is 35.6 Å². The van der Waals surface area contributed by atoms with Crippen molar-refractivity contribution in [2.24, 2.45) is 0 Å². The van der Waals surface area contributed by atoms with Gasteiger partial charge in [-0.05, 0) is 37.0 Å². The van der Waals surface area contributed by atoms with Crippen molar-refractivity contribution in [1.29, 1.82) is 5.26 Å². The SMILES string of the molecule is CCCCC(F)(F)CC(N[C@@H](c1ccc(F)cc1)C(F)(F)F)C(=O)NC1(C#N)CC1. The highest BCUT2D eigenvalue weighted by Gasteiger charge is 2.49. The van der Waals surface area contributed by atoms with E-state index >= 15 is 0 Å². The molecule has 0 heterocycles. The van der Waals surface area contributed by atoms with Gasteiger partial charge in [-0.2, -0.15) is 18.4 Å². The minimum atomic E-state index is -4.93. The van der Waals surface area contributed by atoms with E-state index in [0.717, 1.165) is 24.3 Å². The monoisotopic (exact) mass is 435 g/mol. The molecule has 166 valence electrons. The van der Waals surface area contributed by atoms with Crippen molar-refractivity contribution >= 4 is 5.91 Å². The molecular weight excluding hydrogens is 412 g/mol. The van der Waals surface area contributed by atoms with Crippen LogP contribution in [0.5, 0.6) is 0 Å². The van der Waals surface area contributed by atoms with E-state index in [1.54, 1.807) is 6.92 Å². The zero-order valence-electron chi connectivity index (χ0n) is 16.3. The molecule has 1 aromatic carbocycles. The van der Waals surface area contributed by atoms with Crippen molar-refractivity contribution in [2.75, 3.05) is 0 Å². The Morgan fingerprint density at radius 3 is 2.27 bits per heavy atom. The van der Waals surface area contributed by atoms with E-state index in [9.17, 15) is 31.1 Å². The van der Waals surface area contributed by atoms with E-state index in [0.29, 0.717) is 19.3 Å². The number of unbranched alkanes of at least 4 members (excludes halogenated alkanes) is 1. The van der Waals surface area contributed by atoms with E-state index in [1.165, 1.54) is 0 Å². The highest BCUT2D eigenvalue weighted by atomic mass is 19.4. The Kier molecular flexibility index (Phi) is 7.40. The number of hydrogen-bond donors (Lipinski definition) is 2. The lowest BCUT2D eigenvalue weighted by Gasteiger charge is -2.30. The normalized spacial score (nSPS) is 17.7. The molecule has 0 radical (unpaired) electrons. The molecule has 0 aliphatic heterocycles. The summed E-state index contributed by atoms with van der Waals surface area (Å²) in [7, 11) is 0. The summed E-state index contributed by atoms with van der Waals surface area (Å²) in [5.41, 5.74) is -1.64. The van der Waals surface area contributed by atoms with E-state index < -0.39 is 59.9 Å². The predicted octanol–water partition coefficient (Wildman–Crippen LogP) is 4.78. The number of carbonyl (C=O) groups excluding carboxylic acids is 1. The Balaban J connectivity index is 2.29. The molecule has 1 unspecified atom stereocenters. The Morgan fingerprint density at radius 1 is 1.20 bits per heavy atom. The summed E-state index contributed by atoms with van der Waals surface area (Å²) >= 11 is 0. The van der Waals surface area contributed by atoms with Crippen LogP contribution in [0.1, 0.15) is 57.1 Å². The molecule has 0 spiro atoms. The number of amides is 1. The maximum atomic E-state index is 14.3. The van der Waals surface area contributed by atoms with Gasteiger partial charge in [0.1, 0.15) is 17.4 Å². The van der Waals surface area contributed by atoms with Crippen LogP contribution < -0.4 is 10.6 Å². The molecule has 2 N–H and O–H groups in total. The quantitative estimate of drug-likeness (QED) is 0.520. The maximum absolute atomic E-state index is 14.3. The molecule has 0 aromatic heterocycles. The predicted molar refractivity (Wildman–Crippen MR) is 96.9 cm³/mol. The van der Waals surface area contributed by atoms with Gasteiger partial charge in [-0.3, -0.25) is 10.1 Å². The number of nitrogens with zero attached hydrogens (tertiary/aromatic N) is 1. The second-order valence-electron chi connectivity index (χ2n) is 7.59. The van der Waals surface area contributed by atoms with Gasteiger partial charge >= 0.3 is 6.18 Å². The summed E-state index contributed by atoms with van der Waals surface area (Å²) < 4.78 is 82.8. The van der Waals surface area contributed by atoms with Crippen molar-refractivity contribution in [3.63, 3.8) is 0 Å². The maximum Gasteiger partial charge on any atom is 0.407 e. The van der Waals surface area contributed by atoms with Gasteiger partial charge in [-0.25, -0.2) is 13.2 Å². The molecule has 2 atom stereocenters. The summed E-state index contributed by atoms with van der Waals surface area (Å²) in [4.78, 5) is 12.6. The smallest absolute Gasteiger partial charge is 0.336 e. The molecule has 1 saturated carbocycles. The number of rotatable bonds is 10. The van der Waals surface area contributed by atoms with E-state index in [2.05, 4.69) is 5.32 Å². The van der Waals surface area contributed by atoms with Crippen molar-refractivity contribution in [2.45, 2.75) is 75.2 Å². The molecule has 1 aromatic rings. The summed E-state index contributed by atoms with van der Waals surface area (Å²) in [6.45, 7) is 1.69. The summed E-state index contributed by atoms with van der Waals surface area (Å²) in [5, 5.41) is 13.4. The third-order valence-corrected chi connectivity index (χ3v) is 4.94. The lowest BCUT2D eigenvalue weighted by Crippen LogP contribution is -2.53. The minimum Gasteiger partial charge on any atom is -0.336 e. The molecular formula is C20H23F6N3O. The van der Waals surface area contributed by atoms with Gasteiger partial charge in [0, 0.05) is 12.8 Å². The van der Waals surface area contributed by atoms with Crippen LogP contribution in [0.3, 0.4) is 0 Å². The minimum absolute atomic E-state index is 0.143. The van der Waals surface area contributed by atoms with Gasteiger partial charge in [0.25, 0.3) is 0 Å². The number of nitrogens with one attached hydrogen (secondary N) is 2. The molecule has 1 amide bonds. The van der Waals surface area contributed by atoms with Crippen LogP contribution in [0.2, 0.25) is 0 Å². The molecule has 10 heteroatoms. The van der Waals surface area contributed by atoms with E-state index in [-0.39, 0.29) is 6.42 Å². The Morgan fingerprint density at radius 2 is 1.80 bits per heavy atom. The third-order valence-electron chi connectivity index (χ3n) is 4.94. The highest BCUT2D eigenvalue weighted by molar-refractivity contribution is 5.83. The lowest BCUT2D eigenvalue weighted by molar-refractivity contribution is -0.163. The molecule has 2 rings (SSSR count). The average Bonchev–Trinajstić information content (AvgIpc) is 3.43. The van der Waals surface area contributed by atoms with Crippen LogP contribution in [0.25, 0.3) is 0 Å². The number of benzene rings is 1. The second-order valence-corrected chi connectivity index (χ2v) is 7.59. The van der Waals surface area contributed by atoms with Crippen molar-refractivity contribution in [1.82, 2.24) is 10.6 Å².